The number of carbonyl (C=O) groups is 2. The zero-order valence-corrected chi connectivity index (χ0v) is 17.6. The lowest BCUT2D eigenvalue weighted by Crippen LogP contribution is -2.46. The van der Waals surface area contributed by atoms with Gasteiger partial charge in [-0.3, -0.25) is 14.5 Å². The van der Waals surface area contributed by atoms with Crippen LogP contribution in [0.2, 0.25) is 0 Å². The normalized spacial score (nSPS) is 14.9. The number of carbonyl (C=O) groups excluding carboxylic acids is 2. The maximum atomic E-state index is 12.6. The molecule has 1 aliphatic heterocycles. The molecule has 6 nitrogen and oxygen atoms in total. The standard InChI is InChI=1S/C25H27N3O3/c1-31-21-9-4-8-19(16-21)25(30)26-20-12-14-28(15-13-20)17-24(29)27-23-11-5-7-18-6-2-3-10-22(18)23/h2-11,16,20H,12-15,17H2,1H3,(H,26,30)(H,27,29). The average molecular weight is 418 g/mol. The molecule has 1 saturated heterocycles. The fourth-order valence-corrected chi connectivity index (χ4v) is 4.00. The van der Waals surface area contributed by atoms with Gasteiger partial charge in [-0.2, -0.15) is 0 Å². The second-order valence-electron chi connectivity index (χ2n) is 7.83. The summed E-state index contributed by atoms with van der Waals surface area (Å²) in [6, 6.07) is 21.2. The molecular formula is C25H27N3O3. The number of fused-ring (bicyclic) bond motifs is 1. The van der Waals surface area contributed by atoms with E-state index in [1.165, 1.54) is 0 Å². The molecule has 0 radical (unpaired) electrons. The van der Waals surface area contributed by atoms with E-state index in [0.717, 1.165) is 42.4 Å². The number of nitrogens with zero attached hydrogens (tertiary/aromatic N) is 1. The summed E-state index contributed by atoms with van der Waals surface area (Å²) in [5.74, 6) is 0.556. The van der Waals surface area contributed by atoms with Crippen LogP contribution < -0.4 is 15.4 Å². The zero-order chi connectivity index (χ0) is 21.6. The van der Waals surface area contributed by atoms with Crippen LogP contribution in [0.15, 0.2) is 66.7 Å². The molecular weight excluding hydrogens is 390 g/mol. The highest BCUT2D eigenvalue weighted by Gasteiger charge is 2.22. The van der Waals surface area contributed by atoms with Crippen LogP contribution in [-0.2, 0) is 4.79 Å². The van der Waals surface area contributed by atoms with Crippen molar-refractivity contribution in [2.24, 2.45) is 0 Å². The fraction of sp³-hybridized carbons (Fsp3) is 0.280. The largest absolute Gasteiger partial charge is 0.497 e. The lowest BCUT2D eigenvalue weighted by Gasteiger charge is -2.31. The van der Waals surface area contributed by atoms with Gasteiger partial charge in [0, 0.05) is 35.8 Å². The van der Waals surface area contributed by atoms with Gasteiger partial charge in [0.15, 0.2) is 0 Å². The minimum absolute atomic E-state index is 0.0183. The number of benzene rings is 3. The van der Waals surface area contributed by atoms with Crippen LogP contribution in [0.4, 0.5) is 5.69 Å². The van der Waals surface area contributed by atoms with Crippen molar-refractivity contribution in [3.8, 4) is 5.75 Å². The molecule has 3 aromatic carbocycles. The lowest BCUT2D eigenvalue weighted by molar-refractivity contribution is -0.117. The minimum Gasteiger partial charge on any atom is -0.497 e. The molecule has 0 aromatic heterocycles. The Kier molecular flexibility index (Phi) is 6.48. The molecule has 0 unspecified atom stereocenters. The molecule has 0 spiro atoms. The van der Waals surface area contributed by atoms with Crippen molar-refractivity contribution in [2.45, 2.75) is 18.9 Å². The van der Waals surface area contributed by atoms with E-state index >= 15 is 0 Å². The van der Waals surface area contributed by atoms with E-state index in [1.54, 1.807) is 19.2 Å². The molecule has 0 bridgehead atoms. The van der Waals surface area contributed by atoms with E-state index < -0.39 is 0 Å². The van der Waals surface area contributed by atoms with Crippen molar-refractivity contribution < 1.29 is 14.3 Å². The lowest BCUT2D eigenvalue weighted by atomic mass is 10.0. The number of likely N-dealkylation sites (tertiary alicyclic amines) is 1. The van der Waals surface area contributed by atoms with Crippen LogP contribution >= 0.6 is 0 Å². The maximum Gasteiger partial charge on any atom is 0.251 e. The van der Waals surface area contributed by atoms with Gasteiger partial charge in [0.1, 0.15) is 5.75 Å². The molecule has 2 N–H and O–H groups in total. The predicted molar refractivity (Wildman–Crippen MR) is 122 cm³/mol. The highest BCUT2D eigenvalue weighted by molar-refractivity contribution is 6.02. The van der Waals surface area contributed by atoms with E-state index in [-0.39, 0.29) is 17.9 Å². The monoisotopic (exact) mass is 417 g/mol. The average Bonchev–Trinajstić information content (AvgIpc) is 2.80. The van der Waals surface area contributed by atoms with Gasteiger partial charge in [0.2, 0.25) is 5.91 Å². The molecule has 1 heterocycles. The Hall–Kier alpha value is -3.38. The summed E-state index contributed by atoms with van der Waals surface area (Å²) in [4.78, 5) is 27.2. The number of hydrogen-bond acceptors (Lipinski definition) is 4. The molecule has 1 aliphatic rings. The summed E-state index contributed by atoms with van der Waals surface area (Å²) in [5, 5.41) is 8.29. The smallest absolute Gasteiger partial charge is 0.251 e. The summed E-state index contributed by atoms with van der Waals surface area (Å²) in [6.45, 7) is 1.89. The third-order valence-corrected chi connectivity index (χ3v) is 5.69. The topological polar surface area (TPSA) is 70.7 Å². The summed E-state index contributed by atoms with van der Waals surface area (Å²) in [6.07, 6.45) is 1.63. The Morgan fingerprint density at radius 3 is 2.55 bits per heavy atom. The predicted octanol–water partition coefficient (Wildman–Crippen LogP) is 3.68. The van der Waals surface area contributed by atoms with Crippen molar-refractivity contribution in [1.29, 1.82) is 0 Å². The molecule has 0 atom stereocenters. The Morgan fingerprint density at radius 1 is 1.00 bits per heavy atom. The molecule has 160 valence electrons. The van der Waals surface area contributed by atoms with Crippen molar-refractivity contribution in [3.05, 3.63) is 72.3 Å². The molecule has 2 amide bonds. The Bertz CT molecular complexity index is 1070. The fourth-order valence-electron chi connectivity index (χ4n) is 4.00. The molecule has 0 saturated carbocycles. The molecule has 1 fully saturated rings. The molecule has 6 heteroatoms. The quantitative estimate of drug-likeness (QED) is 0.642. The van der Waals surface area contributed by atoms with Crippen LogP contribution in [-0.4, -0.2) is 49.5 Å². The van der Waals surface area contributed by atoms with Crippen LogP contribution in [0, 0.1) is 0 Å². The Balaban J connectivity index is 1.27. The number of nitrogens with one attached hydrogen (secondary N) is 2. The van der Waals surface area contributed by atoms with Gasteiger partial charge in [0.05, 0.1) is 13.7 Å². The van der Waals surface area contributed by atoms with Crippen molar-refractivity contribution in [3.63, 3.8) is 0 Å². The number of piperidine rings is 1. The van der Waals surface area contributed by atoms with Gasteiger partial charge in [-0.05, 0) is 42.5 Å². The second kappa shape index (κ2) is 9.62. The van der Waals surface area contributed by atoms with Gasteiger partial charge in [-0.15, -0.1) is 0 Å². The van der Waals surface area contributed by atoms with Crippen molar-refractivity contribution >= 4 is 28.3 Å². The summed E-state index contributed by atoms with van der Waals surface area (Å²) in [7, 11) is 1.59. The summed E-state index contributed by atoms with van der Waals surface area (Å²) >= 11 is 0. The van der Waals surface area contributed by atoms with Gasteiger partial charge in [0.25, 0.3) is 5.91 Å². The molecule has 0 aliphatic carbocycles. The third-order valence-electron chi connectivity index (χ3n) is 5.69. The van der Waals surface area contributed by atoms with Crippen molar-refractivity contribution in [2.75, 3.05) is 32.1 Å². The highest BCUT2D eigenvalue weighted by Crippen LogP contribution is 2.23. The first-order chi connectivity index (χ1) is 15.1. The molecule has 4 rings (SSSR count). The van der Waals surface area contributed by atoms with Crippen LogP contribution in [0.5, 0.6) is 5.75 Å². The first-order valence-electron chi connectivity index (χ1n) is 10.6. The van der Waals surface area contributed by atoms with Gasteiger partial charge in [-0.25, -0.2) is 0 Å². The van der Waals surface area contributed by atoms with E-state index in [0.29, 0.717) is 17.9 Å². The first kappa shape index (κ1) is 20.9. The number of ether oxygens (including phenoxy) is 1. The van der Waals surface area contributed by atoms with Crippen LogP contribution in [0.25, 0.3) is 10.8 Å². The second-order valence-corrected chi connectivity index (χ2v) is 7.83. The number of hydrogen-bond donors (Lipinski definition) is 2. The first-order valence-corrected chi connectivity index (χ1v) is 10.6. The molecule has 3 aromatic rings. The number of amides is 2. The minimum atomic E-state index is -0.0916. The van der Waals surface area contributed by atoms with E-state index in [1.807, 2.05) is 54.6 Å². The van der Waals surface area contributed by atoms with Gasteiger partial charge >= 0.3 is 0 Å². The van der Waals surface area contributed by atoms with Crippen LogP contribution in [0.1, 0.15) is 23.2 Å². The van der Waals surface area contributed by atoms with Gasteiger partial charge < -0.3 is 15.4 Å². The summed E-state index contributed by atoms with van der Waals surface area (Å²) < 4.78 is 5.19. The van der Waals surface area contributed by atoms with E-state index in [9.17, 15) is 9.59 Å². The molecule has 31 heavy (non-hydrogen) atoms. The zero-order valence-electron chi connectivity index (χ0n) is 17.6. The van der Waals surface area contributed by atoms with Crippen molar-refractivity contribution in [1.82, 2.24) is 10.2 Å². The Labute approximate surface area is 182 Å². The SMILES string of the molecule is COc1cccc(C(=O)NC2CCN(CC(=O)Nc3cccc4ccccc34)CC2)c1. The van der Waals surface area contributed by atoms with E-state index in [4.69, 9.17) is 4.74 Å². The maximum absolute atomic E-state index is 12.6. The summed E-state index contributed by atoms with van der Waals surface area (Å²) in [5.41, 5.74) is 1.43. The Morgan fingerprint density at radius 2 is 1.74 bits per heavy atom. The van der Waals surface area contributed by atoms with E-state index in [2.05, 4.69) is 15.5 Å². The third kappa shape index (κ3) is 5.22. The number of anilines is 1. The number of methoxy groups -OCH3 is 1. The highest BCUT2D eigenvalue weighted by atomic mass is 16.5. The number of rotatable bonds is 6. The van der Waals surface area contributed by atoms with Gasteiger partial charge in [-0.1, -0.05) is 42.5 Å². The van der Waals surface area contributed by atoms with Crippen LogP contribution in [0.3, 0.4) is 0 Å².